The molecule has 1 aliphatic rings. The molecule has 0 saturated carbocycles. The monoisotopic (exact) mass is 271 g/mol. The second kappa shape index (κ2) is 6.73. The molecule has 0 aliphatic carbocycles. The molecule has 20 heavy (non-hydrogen) atoms. The highest BCUT2D eigenvalue weighted by atomic mass is 16.5. The Bertz CT molecular complexity index is 489. The molecule has 3 heteroatoms. The molecule has 1 saturated heterocycles. The molecule has 1 aromatic heterocycles. The van der Waals surface area contributed by atoms with Crippen LogP contribution in [0.2, 0.25) is 0 Å². The van der Waals surface area contributed by atoms with E-state index in [9.17, 15) is 0 Å². The summed E-state index contributed by atoms with van der Waals surface area (Å²) in [6.07, 6.45) is 4.08. The number of benzene rings is 1. The number of hydrogen-bond donors (Lipinski definition) is 1. The molecule has 2 atom stereocenters. The second-order valence-electron chi connectivity index (χ2n) is 5.33. The van der Waals surface area contributed by atoms with Gasteiger partial charge in [0, 0.05) is 13.2 Å². The number of furan rings is 1. The minimum absolute atomic E-state index is 0.133. The van der Waals surface area contributed by atoms with Crippen LogP contribution >= 0.6 is 0 Å². The van der Waals surface area contributed by atoms with E-state index in [1.54, 1.807) is 6.26 Å². The molecule has 0 amide bonds. The van der Waals surface area contributed by atoms with Gasteiger partial charge in [-0.3, -0.25) is 0 Å². The topological polar surface area (TPSA) is 34.4 Å². The zero-order chi connectivity index (χ0) is 13.6. The molecule has 1 N–H and O–H groups in total. The van der Waals surface area contributed by atoms with Crippen LogP contribution in [0.5, 0.6) is 0 Å². The first-order chi connectivity index (χ1) is 9.93. The molecule has 0 bridgehead atoms. The summed E-state index contributed by atoms with van der Waals surface area (Å²) in [6.45, 7) is 2.82. The summed E-state index contributed by atoms with van der Waals surface area (Å²) in [4.78, 5) is 0. The Hall–Kier alpha value is -1.58. The van der Waals surface area contributed by atoms with Gasteiger partial charge in [-0.1, -0.05) is 30.3 Å². The van der Waals surface area contributed by atoms with E-state index in [4.69, 9.17) is 9.15 Å². The molecular formula is C17H21NO2. The molecule has 1 aliphatic heterocycles. The number of rotatable bonds is 6. The van der Waals surface area contributed by atoms with Crippen molar-refractivity contribution in [1.29, 1.82) is 0 Å². The SMILES string of the molecule is c1ccc(C(NCCC2CCOC2)c2ccco2)cc1. The lowest BCUT2D eigenvalue weighted by molar-refractivity contribution is 0.184. The summed E-state index contributed by atoms with van der Waals surface area (Å²) in [6, 6.07) is 14.6. The van der Waals surface area contributed by atoms with Gasteiger partial charge >= 0.3 is 0 Å². The fourth-order valence-corrected chi connectivity index (χ4v) is 2.73. The van der Waals surface area contributed by atoms with Crippen molar-refractivity contribution in [3.63, 3.8) is 0 Å². The highest BCUT2D eigenvalue weighted by molar-refractivity contribution is 5.26. The zero-order valence-corrected chi connectivity index (χ0v) is 11.6. The summed E-state index contributed by atoms with van der Waals surface area (Å²) in [7, 11) is 0. The lowest BCUT2D eigenvalue weighted by Gasteiger charge is -2.18. The summed E-state index contributed by atoms with van der Waals surface area (Å²) in [5.41, 5.74) is 1.24. The first-order valence-corrected chi connectivity index (χ1v) is 7.33. The minimum atomic E-state index is 0.133. The largest absolute Gasteiger partial charge is 0.467 e. The molecule has 2 heterocycles. The predicted octanol–water partition coefficient (Wildman–Crippen LogP) is 3.39. The third kappa shape index (κ3) is 3.30. The molecule has 106 valence electrons. The maximum Gasteiger partial charge on any atom is 0.125 e. The van der Waals surface area contributed by atoms with Crippen LogP contribution < -0.4 is 5.32 Å². The molecule has 1 aromatic carbocycles. The van der Waals surface area contributed by atoms with E-state index in [2.05, 4.69) is 29.6 Å². The molecule has 3 rings (SSSR count). The van der Waals surface area contributed by atoms with Gasteiger partial charge in [0.15, 0.2) is 0 Å². The van der Waals surface area contributed by atoms with Crippen LogP contribution in [0.1, 0.15) is 30.2 Å². The standard InChI is InChI=1S/C17H21NO2/c1-2-5-15(6-3-1)17(16-7-4-11-20-16)18-10-8-14-9-12-19-13-14/h1-7,11,14,17-18H,8-10,12-13H2. The fraction of sp³-hybridized carbons (Fsp3) is 0.412. The number of ether oxygens (including phenoxy) is 1. The van der Waals surface area contributed by atoms with Gasteiger partial charge in [-0.25, -0.2) is 0 Å². The average molecular weight is 271 g/mol. The summed E-state index contributed by atoms with van der Waals surface area (Å²) in [5.74, 6) is 1.68. The normalized spacial score (nSPS) is 20.1. The fourth-order valence-electron chi connectivity index (χ4n) is 2.73. The van der Waals surface area contributed by atoms with Gasteiger partial charge in [-0.05, 0) is 43.0 Å². The quantitative estimate of drug-likeness (QED) is 0.874. The van der Waals surface area contributed by atoms with Crippen molar-refractivity contribution in [3.05, 3.63) is 60.1 Å². The first-order valence-electron chi connectivity index (χ1n) is 7.33. The lowest BCUT2D eigenvalue weighted by atomic mass is 10.0. The van der Waals surface area contributed by atoms with Crippen LogP contribution in [-0.4, -0.2) is 19.8 Å². The third-order valence-corrected chi connectivity index (χ3v) is 3.89. The molecule has 2 unspecified atom stereocenters. The van der Waals surface area contributed by atoms with Crippen molar-refractivity contribution in [2.75, 3.05) is 19.8 Å². The Morgan fingerprint density at radius 2 is 2.05 bits per heavy atom. The Morgan fingerprint density at radius 1 is 1.15 bits per heavy atom. The highest BCUT2D eigenvalue weighted by Crippen LogP contribution is 2.23. The van der Waals surface area contributed by atoms with Crippen LogP contribution in [0.15, 0.2) is 53.1 Å². The number of hydrogen-bond acceptors (Lipinski definition) is 3. The zero-order valence-electron chi connectivity index (χ0n) is 11.6. The summed E-state index contributed by atoms with van der Waals surface area (Å²) < 4.78 is 11.0. The van der Waals surface area contributed by atoms with E-state index in [0.717, 1.165) is 31.9 Å². The van der Waals surface area contributed by atoms with Crippen molar-refractivity contribution in [2.45, 2.75) is 18.9 Å². The van der Waals surface area contributed by atoms with Crippen molar-refractivity contribution in [1.82, 2.24) is 5.32 Å². The first kappa shape index (κ1) is 13.4. The average Bonchev–Trinajstić information content (AvgIpc) is 3.18. The molecule has 0 spiro atoms. The van der Waals surface area contributed by atoms with Crippen LogP contribution in [0.4, 0.5) is 0 Å². The maximum absolute atomic E-state index is 5.59. The summed E-state index contributed by atoms with van der Waals surface area (Å²) in [5, 5.41) is 3.62. The van der Waals surface area contributed by atoms with Crippen LogP contribution in [0, 0.1) is 5.92 Å². The Balaban J connectivity index is 1.63. The van der Waals surface area contributed by atoms with Gasteiger partial charge in [0.2, 0.25) is 0 Å². The van der Waals surface area contributed by atoms with Gasteiger partial charge < -0.3 is 14.5 Å². The van der Waals surface area contributed by atoms with E-state index in [1.807, 2.05) is 18.2 Å². The predicted molar refractivity (Wildman–Crippen MR) is 78.5 cm³/mol. The van der Waals surface area contributed by atoms with Gasteiger partial charge in [0.1, 0.15) is 5.76 Å². The van der Waals surface area contributed by atoms with Crippen LogP contribution in [0.3, 0.4) is 0 Å². The summed E-state index contributed by atoms with van der Waals surface area (Å²) >= 11 is 0. The third-order valence-electron chi connectivity index (χ3n) is 3.89. The van der Waals surface area contributed by atoms with E-state index >= 15 is 0 Å². The van der Waals surface area contributed by atoms with Crippen molar-refractivity contribution < 1.29 is 9.15 Å². The van der Waals surface area contributed by atoms with Gasteiger partial charge in [-0.2, -0.15) is 0 Å². The van der Waals surface area contributed by atoms with E-state index in [0.29, 0.717) is 5.92 Å². The Morgan fingerprint density at radius 3 is 2.75 bits per heavy atom. The van der Waals surface area contributed by atoms with Gasteiger partial charge in [0.25, 0.3) is 0 Å². The molecule has 3 nitrogen and oxygen atoms in total. The van der Waals surface area contributed by atoms with Crippen molar-refractivity contribution in [3.8, 4) is 0 Å². The Labute approximate surface area is 119 Å². The van der Waals surface area contributed by atoms with Gasteiger partial charge in [0.05, 0.1) is 12.3 Å². The second-order valence-corrected chi connectivity index (χ2v) is 5.33. The lowest BCUT2D eigenvalue weighted by Crippen LogP contribution is -2.24. The number of nitrogens with one attached hydrogen (secondary N) is 1. The molecular weight excluding hydrogens is 250 g/mol. The molecule has 0 radical (unpaired) electrons. The van der Waals surface area contributed by atoms with Crippen LogP contribution in [-0.2, 0) is 4.74 Å². The van der Waals surface area contributed by atoms with E-state index in [1.165, 1.54) is 12.0 Å². The minimum Gasteiger partial charge on any atom is -0.467 e. The van der Waals surface area contributed by atoms with Crippen LogP contribution in [0.25, 0.3) is 0 Å². The highest BCUT2D eigenvalue weighted by Gasteiger charge is 2.18. The molecule has 2 aromatic rings. The van der Waals surface area contributed by atoms with Crippen molar-refractivity contribution >= 4 is 0 Å². The van der Waals surface area contributed by atoms with E-state index < -0.39 is 0 Å². The maximum atomic E-state index is 5.59. The Kier molecular flexibility index (Phi) is 4.51. The van der Waals surface area contributed by atoms with Gasteiger partial charge in [-0.15, -0.1) is 0 Å². The van der Waals surface area contributed by atoms with E-state index in [-0.39, 0.29) is 6.04 Å². The van der Waals surface area contributed by atoms with Crippen molar-refractivity contribution in [2.24, 2.45) is 5.92 Å². The smallest absolute Gasteiger partial charge is 0.125 e. The molecule has 1 fully saturated rings.